The van der Waals surface area contributed by atoms with Gasteiger partial charge in [-0.05, 0) is 31.4 Å². The largest absolute Gasteiger partial charge is 0.342 e. The van der Waals surface area contributed by atoms with E-state index in [-0.39, 0.29) is 17.7 Å². The molecule has 1 aliphatic heterocycles. The van der Waals surface area contributed by atoms with Crippen molar-refractivity contribution in [2.45, 2.75) is 39.8 Å². The summed E-state index contributed by atoms with van der Waals surface area (Å²) in [4.78, 5) is 26.3. The third-order valence-corrected chi connectivity index (χ3v) is 3.61. The van der Waals surface area contributed by atoms with Crippen LogP contribution in [-0.4, -0.2) is 23.9 Å². The van der Waals surface area contributed by atoms with Gasteiger partial charge in [0.1, 0.15) is 12.1 Å². The Labute approximate surface area is 113 Å². The van der Waals surface area contributed by atoms with Crippen LogP contribution in [0.15, 0.2) is 24.3 Å². The Morgan fingerprint density at radius 3 is 2.42 bits per heavy atom. The lowest BCUT2D eigenvalue weighted by atomic mass is 9.97. The van der Waals surface area contributed by atoms with Crippen LogP contribution in [0.3, 0.4) is 0 Å². The molecule has 1 N–H and O–H groups in total. The Morgan fingerprint density at radius 1 is 1.21 bits per heavy atom. The van der Waals surface area contributed by atoms with E-state index in [2.05, 4.69) is 5.32 Å². The number of piperazine rings is 1. The second-order valence-corrected chi connectivity index (χ2v) is 5.40. The Bertz CT molecular complexity index is 511. The fourth-order valence-electron chi connectivity index (χ4n) is 2.41. The summed E-state index contributed by atoms with van der Waals surface area (Å²) in [6.07, 6.45) is 0. The lowest BCUT2D eigenvalue weighted by Crippen LogP contribution is -2.64. The second-order valence-electron chi connectivity index (χ2n) is 5.40. The SMILES string of the molecule is Cc1ccccc1N1C(=O)C(C(C)C)NC(=O)C1C. The van der Waals surface area contributed by atoms with Crippen molar-refractivity contribution in [1.29, 1.82) is 0 Å². The molecule has 1 fully saturated rings. The van der Waals surface area contributed by atoms with Gasteiger partial charge >= 0.3 is 0 Å². The molecule has 2 unspecified atom stereocenters. The predicted octanol–water partition coefficient (Wildman–Crippen LogP) is 1.87. The lowest BCUT2D eigenvalue weighted by Gasteiger charge is -2.39. The van der Waals surface area contributed by atoms with Crippen LogP contribution in [0.2, 0.25) is 0 Å². The normalized spacial score (nSPS) is 23.7. The third kappa shape index (κ3) is 2.35. The molecular formula is C15H20N2O2. The first kappa shape index (κ1) is 13.6. The average molecular weight is 260 g/mol. The number of carbonyl (C=O) groups excluding carboxylic acids is 2. The number of hydrogen-bond acceptors (Lipinski definition) is 2. The number of amides is 2. The zero-order chi connectivity index (χ0) is 14.2. The van der Waals surface area contributed by atoms with Crippen molar-refractivity contribution in [2.75, 3.05) is 4.90 Å². The summed E-state index contributed by atoms with van der Waals surface area (Å²) in [5.74, 6) is -0.0478. The van der Waals surface area contributed by atoms with E-state index in [1.807, 2.05) is 45.0 Å². The molecule has 0 aromatic heterocycles. The van der Waals surface area contributed by atoms with E-state index in [0.29, 0.717) is 0 Å². The van der Waals surface area contributed by atoms with Crippen LogP contribution < -0.4 is 10.2 Å². The van der Waals surface area contributed by atoms with Crippen molar-refractivity contribution in [3.63, 3.8) is 0 Å². The van der Waals surface area contributed by atoms with Gasteiger partial charge in [-0.15, -0.1) is 0 Å². The van der Waals surface area contributed by atoms with Gasteiger partial charge < -0.3 is 5.32 Å². The van der Waals surface area contributed by atoms with Gasteiger partial charge in [0.25, 0.3) is 5.91 Å². The molecule has 0 bridgehead atoms. The maximum Gasteiger partial charge on any atom is 0.250 e. The van der Waals surface area contributed by atoms with Gasteiger partial charge in [-0.1, -0.05) is 32.0 Å². The molecule has 0 saturated carbocycles. The van der Waals surface area contributed by atoms with Gasteiger partial charge in [-0.25, -0.2) is 0 Å². The Kier molecular flexibility index (Phi) is 3.60. The average Bonchev–Trinajstić information content (AvgIpc) is 2.36. The lowest BCUT2D eigenvalue weighted by molar-refractivity contribution is -0.134. The standard InChI is InChI=1S/C15H20N2O2/c1-9(2)13-15(19)17(11(4)14(18)16-13)12-8-6-5-7-10(12)3/h5-9,11,13H,1-4H3,(H,16,18). The topological polar surface area (TPSA) is 49.4 Å². The van der Waals surface area contributed by atoms with Crippen LogP contribution in [0.1, 0.15) is 26.3 Å². The van der Waals surface area contributed by atoms with Crippen LogP contribution >= 0.6 is 0 Å². The van der Waals surface area contributed by atoms with Gasteiger partial charge in [-0.2, -0.15) is 0 Å². The molecule has 1 heterocycles. The number of anilines is 1. The molecule has 1 aromatic rings. The van der Waals surface area contributed by atoms with Crippen molar-refractivity contribution in [3.05, 3.63) is 29.8 Å². The summed E-state index contributed by atoms with van der Waals surface area (Å²) in [6.45, 7) is 7.59. The Morgan fingerprint density at radius 2 is 1.84 bits per heavy atom. The van der Waals surface area contributed by atoms with Gasteiger partial charge in [0, 0.05) is 5.69 Å². The molecule has 0 aliphatic carbocycles. The zero-order valence-corrected chi connectivity index (χ0v) is 11.8. The molecule has 4 nitrogen and oxygen atoms in total. The van der Waals surface area contributed by atoms with Gasteiger partial charge in [0.15, 0.2) is 0 Å². The first-order valence-corrected chi connectivity index (χ1v) is 6.62. The maximum atomic E-state index is 12.6. The van der Waals surface area contributed by atoms with Gasteiger partial charge in [0.2, 0.25) is 5.91 Å². The van der Waals surface area contributed by atoms with Crippen molar-refractivity contribution in [3.8, 4) is 0 Å². The Hall–Kier alpha value is -1.84. The van der Waals surface area contributed by atoms with Crippen LogP contribution in [0.5, 0.6) is 0 Å². The van der Waals surface area contributed by atoms with E-state index in [0.717, 1.165) is 11.3 Å². The highest BCUT2D eigenvalue weighted by Gasteiger charge is 2.40. The number of para-hydroxylation sites is 1. The number of carbonyl (C=O) groups is 2. The monoisotopic (exact) mass is 260 g/mol. The summed E-state index contributed by atoms with van der Waals surface area (Å²) < 4.78 is 0. The summed E-state index contributed by atoms with van der Waals surface area (Å²) >= 11 is 0. The van der Waals surface area contributed by atoms with Crippen molar-refractivity contribution in [2.24, 2.45) is 5.92 Å². The number of benzene rings is 1. The highest BCUT2D eigenvalue weighted by molar-refractivity contribution is 6.08. The van der Waals surface area contributed by atoms with E-state index in [1.54, 1.807) is 11.8 Å². The van der Waals surface area contributed by atoms with Crippen LogP contribution in [-0.2, 0) is 9.59 Å². The fourth-order valence-corrected chi connectivity index (χ4v) is 2.41. The molecule has 2 amide bonds. The number of hydrogen-bond donors (Lipinski definition) is 1. The smallest absolute Gasteiger partial charge is 0.250 e. The van der Waals surface area contributed by atoms with Gasteiger partial charge in [-0.3, -0.25) is 14.5 Å². The molecule has 1 aromatic carbocycles. The second kappa shape index (κ2) is 5.03. The molecular weight excluding hydrogens is 240 g/mol. The minimum absolute atomic E-state index is 0.0311. The van der Waals surface area contributed by atoms with Crippen molar-refractivity contribution >= 4 is 17.5 Å². The third-order valence-electron chi connectivity index (χ3n) is 3.61. The highest BCUT2D eigenvalue weighted by Crippen LogP contribution is 2.26. The van der Waals surface area contributed by atoms with E-state index in [4.69, 9.17) is 0 Å². The summed E-state index contributed by atoms with van der Waals surface area (Å²) in [5.41, 5.74) is 1.82. The summed E-state index contributed by atoms with van der Waals surface area (Å²) in [5, 5.41) is 2.80. The van der Waals surface area contributed by atoms with Crippen LogP contribution in [0.25, 0.3) is 0 Å². The molecule has 1 aliphatic rings. The molecule has 19 heavy (non-hydrogen) atoms. The minimum atomic E-state index is -0.469. The molecule has 2 atom stereocenters. The number of nitrogens with zero attached hydrogens (tertiary/aromatic N) is 1. The highest BCUT2D eigenvalue weighted by atomic mass is 16.2. The molecule has 0 radical (unpaired) electrons. The van der Waals surface area contributed by atoms with Crippen LogP contribution in [0.4, 0.5) is 5.69 Å². The quantitative estimate of drug-likeness (QED) is 0.882. The number of rotatable bonds is 2. The van der Waals surface area contributed by atoms with Crippen molar-refractivity contribution < 1.29 is 9.59 Å². The first-order chi connectivity index (χ1) is 8.93. The predicted molar refractivity (Wildman–Crippen MR) is 74.9 cm³/mol. The summed E-state index contributed by atoms with van der Waals surface area (Å²) in [6, 6.07) is 6.75. The first-order valence-electron chi connectivity index (χ1n) is 6.62. The van der Waals surface area contributed by atoms with E-state index < -0.39 is 12.1 Å². The van der Waals surface area contributed by atoms with Crippen molar-refractivity contribution in [1.82, 2.24) is 5.32 Å². The maximum absolute atomic E-state index is 12.6. The van der Waals surface area contributed by atoms with E-state index >= 15 is 0 Å². The number of nitrogens with one attached hydrogen (secondary N) is 1. The van der Waals surface area contributed by atoms with Gasteiger partial charge in [0.05, 0.1) is 0 Å². The molecule has 1 saturated heterocycles. The molecule has 2 rings (SSSR count). The minimum Gasteiger partial charge on any atom is -0.342 e. The number of aryl methyl sites for hydroxylation is 1. The molecule has 4 heteroatoms. The molecule has 0 spiro atoms. The Balaban J connectivity index is 2.44. The fraction of sp³-hybridized carbons (Fsp3) is 0.467. The molecule has 102 valence electrons. The zero-order valence-electron chi connectivity index (χ0n) is 11.8. The van der Waals surface area contributed by atoms with E-state index in [9.17, 15) is 9.59 Å². The summed E-state index contributed by atoms with van der Waals surface area (Å²) in [7, 11) is 0. The van der Waals surface area contributed by atoms with Crippen LogP contribution in [0, 0.1) is 12.8 Å². The van der Waals surface area contributed by atoms with E-state index in [1.165, 1.54) is 0 Å².